The van der Waals surface area contributed by atoms with Crippen molar-refractivity contribution in [1.82, 2.24) is 10.6 Å². The van der Waals surface area contributed by atoms with Crippen molar-refractivity contribution in [3.05, 3.63) is 23.7 Å². The Morgan fingerprint density at radius 3 is 2.27 bits per heavy atom. The lowest BCUT2D eigenvalue weighted by atomic mass is 9.92. The highest BCUT2D eigenvalue weighted by Crippen LogP contribution is 2.21. The second-order valence-electron chi connectivity index (χ2n) is 6.98. The zero-order valence-electron chi connectivity index (χ0n) is 13.9. The highest BCUT2D eigenvalue weighted by Gasteiger charge is 2.27. The fourth-order valence-electron chi connectivity index (χ4n) is 1.87. The van der Waals surface area contributed by atoms with Crippen molar-refractivity contribution in [3.63, 3.8) is 0 Å². The van der Waals surface area contributed by atoms with Gasteiger partial charge in [0.15, 0.2) is 0 Å². The molecule has 0 aromatic carbocycles. The van der Waals surface area contributed by atoms with Crippen LogP contribution in [-0.4, -0.2) is 30.0 Å². The van der Waals surface area contributed by atoms with Gasteiger partial charge in [-0.3, -0.25) is 9.59 Å². The van der Waals surface area contributed by atoms with Gasteiger partial charge in [-0.2, -0.15) is 0 Å². The molecule has 0 saturated heterocycles. The summed E-state index contributed by atoms with van der Waals surface area (Å²) in [4.78, 5) is 23.4. The summed E-state index contributed by atoms with van der Waals surface area (Å²) in [6, 6.07) is 3.42. The lowest BCUT2D eigenvalue weighted by Gasteiger charge is -2.21. The monoisotopic (exact) mass is 310 g/mol. The number of carbonyl (C=O) groups is 2. The van der Waals surface area contributed by atoms with E-state index in [-0.39, 0.29) is 30.3 Å². The molecule has 0 spiro atoms. The van der Waals surface area contributed by atoms with Gasteiger partial charge in [-0.25, -0.2) is 0 Å². The predicted octanol–water partition coefficient (Wildman–Crippen LogP) is 1.46. The third kappa shape index (κ3) is 6.30. The molecule has 0 bridgehead atoms. The second-order valence-corrected chi connectivity index (χ2v) is 6.98. The summed E-state index contributed by atoms with van der Waals surface area (Å²) >= 11 is 0. The highest BCUT2D eigenvalue weighted by atomic mass is 16.4. The summed E-state index contributed by atoms with van der Waals surface area (Å²) in [7, 11) is 0. The van der Waals surface area contributed by atoms with Gasteiger partial charge in [0.1, 0.15) is 17.1 Å². The van der Waals surface area contributed by atoms with Gasteiger partial charge in [0.05, 0.1) is 13.1 Å². The number of nitrogens with one attached hydrogen (secondary N) is 2. The van der Waals surface area contributed by atoms with Crippen molar-refractivity contribution in [1.29, 1.82) is 0 Å². The Hall–Kier alpha value is -1.82. The lowest BCUT2D eigenvalue weighted by molar-refractivity contribution is -0.127. The zero-order valence-corrected chi connectivity index (χ0v) is 13.9. The van der Waals surface area contributed by atoms with Crippen molar-refractivity contribution in [3.8, 4) is 0 Å². The van der Waals surface area contributed by atoms with Crippen molar-refractivity contribution < 1.29 is 19.1 Å². The molecule has 0 saturated carbocycles. The van der Waals surface area contributed by atoms with Crippen LogP contribution >= 0.6 is 0 Å². The summed E-state index contributed by atoms with van der Waals surface area (Å²) in [5, 5.41) is 15.4. The SMILES string of the molecule is Cc1ccc(C(C)(O)CNC(=O)CNC(=O)CC(C)(C)C)o1. The van der Waals surface area contributed by atoms with Gasteiger partial charge in [0.2, 0.25) is 11.8 Å². The number of furan rings is 1. The topological polar surface area (TPSA) is 91.6 Å². The first-order chi connectivity index (χ1) is 9.99. The fraction of sp³-hybridized carbons (Fsp3) is 0.625. The largest absolute Gasteiger partial charge is 0.463 e. The Bertz CT molecular complexity index is 526. The molecule has 6 nitrogen and oxygen atoms in total. The first-order valence-corrected chi connectivity index (χ1v) is 7.32. The molecule has 1 unspecified atom stereocenters. The Labute approximate surface area is 131 Å². The van der Waals surface area contributed by atoms with Crippen LogP contribution in [0.4, 0.5) is 0 Å². The average Bonchev–Trinajstić information content (AvgIpc) is 2.79. The maximum absolute atomic E-state index is 11.7. The molecule has 0 fully saturated rings. The van der Waals surface area contributed by atoms with E-state index in [1.807, 2.05) is 20.8 Å². The number of carbonyl (C=O) groups excluding carboxylic acids is 2. The summed E-state index contributed by atoms with van der Waals surface area (Å²) in [6.07, 6.45) is 0.351. The molecular formula is C16H26N2O4. The molecule has 0 aliphatic carbocycles. The molecule has 22 heavy (non-hydrogen) atoms. The zero-order chi connectivity index (χ0) is 17.0. The second kappa shape index (κ2) is 6.96. The molecule has 124 valence electrons. The fourth-order valence-corrected chi connectivity index (χ4v) is 1.87. The number of aryl methyl sites for hydroxylation is 1. The van der Waals surface area contributed by atoms with Crippen LogP contribution in [0.3, 0.4) is 0 Å². The van der Waals surface area contributed by atoms with Crippen molar-refractivity contribution in [2.45, 2.75) is 46.6 Å². The van der Waals surface area contributed by atoms with Crippen molar-refractivity contribution in [2.75, 3.05) is 13.1 Å². The van der Waals surface area contributed by atoms with Gasteiger partial charge in [-0.05, 0) is 31.4 Å². The molecule has 2 amide bonds. The number of aliphatic hydroxyl groups is 1. The average molecular weight is 310 g/mol. The Balaban J connectivity index is 2.38. The van der Waals surface area contributed by atoms with Crippen LogP contribution in [-0.2, 0) is 15.2 Å². The molecule has 1 aromatic rings. The Morgan fingerprint density at radius 1 is 1.14 bits per heavy atom. The van der Waals surface area contributed by atoms with Crippen molar-refractivity contribution in [2.24, 2.45) is 5.41 Å². The minimum absolute atomic E-state index is 0.00787. The van der Waals surface area contributed by atoms with E-state index in [2.05, 4.69) is 10.6 Å². The van der Waals surface area contributed by atoms with Gasteiger partial charge in [0, 0.05) is 6.42 Å². The maximum atomic E-state index is 11.7. The van der Waals surface area contributed by atoms with Crippen LogP contribution in [0.15, 0.2) is 16.5 Å². The minimum Gasteiger partial charge on any atom is -0.463 e. The van der Waals surface area contributed by atoms with E-state index in [0.717, 1.165) is 0 Å². The standard InChI is InChI=1S/C16H26N2O4/c1-11-6-7-12(22-11)16(5,21)10-18-14(20)9-17-13(19)8-15(2,3)4/h6-7,21H,8-10H2,1-5H3,(H,17,19)(H,18,20). The van der Waals surface area contributed by atoms with Gasteiger partial charge in [0.25, 0.3) is 0 Å². The molecule has 0 radical (unpaired) electrons. The van der Waals surface area contributed by atoms with Crippen molar-refractivity contribution >= 4 is 11.8 Å². The van der Waals surface area contributed by atoms with Crippen LogP contribution in [0.2, 0.25) is 0 Å². The third-order valence-electron chi connectivity index (χ3n) is 3.04. The summed E-state index contributed by atoms with van der Waals surface area (Å²) < 4.78 is 5.36. The minimum atomic E-state index is -1.29. The number of amides is 2. The molecule has 1 atom stereocenters. The molecule has 0 aliphatic rings. The first kappa shape index (κ1) is 18.2. The molecular weight excluding hydrogens is 284 g/mol. The molecule has 1 aromatic heterocycles. The maximum Gasteiger partial charge on any atom is 0.239 e. The van der Waals surface area contributed by atoms with E-state index in [0.29, 0.717) is 17.9 Å². The van der Waals surface area contributed by atoms with E-state index in [1.165, 1.54) is 0 Å². The number of hydrogen-bond acceptors (Lipinski definition) is 4. The van der Waals surface area contributed by atoms with Crippen LogP contribution in [0, 0.1) is 12.3 Å². The van der Waals surface area contributed by atoms with Gasteiger partial charge in [-0.15, -0.1) is 0 Å². The molecule has 1 rings (SSSR count). The first-order valence-electron chi connectivity index (χ1n) is 7.32. The lowest BCUT2D eigenvalue weighted by Crippen LogP contribution is -2.43. The molecule has 6 heteroatoms. The van der Waals surface area contributed by atoms with E-state index in [9.17, 15) is 14.7 Å². The Morgan fingerprint density at radius 2 is 1.77 bits per heavy atom. The normalized spacial score (nSPS) is 14.3. The van der Waals surface area contributed by atoms with E-state index < -0.39 is 5.60 Å². The van der Waals surface area contributed by atoms with E-state index >= 15 is 0 Å². The molecule has 1 heterocycles. The number of hydrogen-bond donors (Lipinski definition) is 3. The molecule has 3 N–H and O–H groups in total. The molecule has 0 aliphatic heterocycles. The van der Waals surface area contributed by atoms with Crippen LogP contribution in [0.25, 0.3) is 0 Å². The smallest absolute Gasteiger partial charge is 0.239 e. The van der Waals surface area contributed by atoms with Gasteiger partial charge < -0.3 is 20.2 Å². The van der Waals surface area contributed by atoms with Crippen LogP contribution in [0.5, 0.6) is 0 Å². The number of rotatable bonds is 6. The quantitative estimate of drug-likeness (QED) is 0.742. The third-order valence-corrected chi connectivity index (χ3v) is 3.04. The van der Waals surface area contributed by atoms with Gasteiger partial charge >= 0.3 is 0 Å². The summed E-state index contributed by atoms with van der Waals surface area (Å²) in [6.45, 7) is 9.10. The van der Waals surface area contributed by atoms with Gasteiger partial charge in [-0.1, -0.05) is 20.8 Å². The highest BCUT2D eigenvalue weighted by molar-refractivity contribution is 5.84. The Kier molecular flexibility index (Phi) is 5.77. The van der Waals surface area contributed by atoms with Crippen LogP contribution in [0.1, 0.15) is 45.6 Å². The summed E-state index contributed by atoms with van der Waals surface area (Å²) in [5.41, 5.74) is -1.42. The summed E-state index contributed by atoms with van der Waals surface area (Å²) in [5.74, 6) is 0.556. The van der Waals surface area contributed by atoms with Crippen LogP contribution < -0.4 is 10.6 Å². The predicted molar refractivity (Wildman–Crippen MR) is 83.1 cm³/mol. The van der Waals surface area contributed by atoms with E-state index in [4.69, 9.17) is 4.42 Å². The van der Waals surface area contributed by atoms with E-state index in [1.54, 1.807) is 26.0 Å².